The van der Waals surface area contributed by atoms with Gasteiger partial charge in [0.25, 0.3) is 5.56 Å². The van der Waals surface area contributed by atoms with Crippen molar-refractivity contribution in [3.05, 3.63) is 78.0 Å². The quantitative estimate of drug-likeness (QED) is 0.379. The first-order chi connectivity index (χ1) is 20.8. The van der Waals surface area contributed by atoms with Crippen LogP contribution >= 0.6 is 0 Å². The monoisotopic (exact) mass is 587 g/mol. The summed E-state index contributed by atoms with van der Waals surface area (Å²) in [4.78, 5) is 44.7. The summed E-state index contributed by atoms with van der Waals surface area (Å²) in [6, 6.07) is 11.6. The van der Waals surface area contributed by atoms with Gasteiger partial charge < -0.3 is 24.9 Å². The normalized spacial score (nSPS) is 15.5. The van der Waals surface area contributed by atoms with Crippen LogP contribution in [0.25, 0.3) is 11.0 Å². The van der Waals surface area contributed by atoms with E-state index in [4.69, 9.17) is 4.98 Å². The third-order valence-corrected chi connectivity index (χ3v) is 7.87. The minimum Gasteiger partial charge on any atom is -0.368 e. The topological polar surface area (TPSA) is 93.1 Å². The Kier molecular flexibility index (Phi) is 10.8. The molecular formula is C32H45N9O2. The highest BCUT2D eigenvalue weighted by molar-refractivity contribution is 5.87. The van der Waals surface area contributed by atoms with Gasteiger partial charge in [0.2, 0.25) is 11.9 Å². The van der Waals surface area contributed by atoms with Crippen molar-refractivity contribution < 1.29 is 4.79 Å². The van der Waals surface area contributed by atoms with Crippen molar-refractivity contribution in [3.8, 4) is 0 Å². The van der Waals surface area contributed by atoms with Gasteiger partial charge in [-0.1, -0.05) is 27.0 Å². The lowest BCUT2D eigenvalue weighted by Crippen LogP contribution is -2.49. The number of nitrogens with zero attached hydrogens (tertiary/aromatic N) is 8. The van der Waals surface area contributed by atoms with Crippen LogP contribution in [-0.4, -0.2) is 113 Å². The van der Waals surface area contributed by atoms with Crippen LogP contribution in [0.4, 0.5) is 17.3 Å². The van der Waals surface area contributed by atoms with Crippen molar-refractivity contribution in [2.45, 2.75) is 20.4 Å². The number of amides is 1. The molecule has 2 aliphatic heterocycles. The van der Waals surface area contributed by atoms with Crippen LogP contribution in [0.5, 0.6) is 0 Å². The number of nitrogens with one attached hydrogen (secondary N) is 1. The molecule has 43 heavy (non-hydrogen) atoms. The zero-order valence-corrected chi connectivity index (χ0v) is 26.0. The van der Waals surface area contributed by atoms with E-state index in [2.05, 4.69) is 55.2 Å². The smallest absolute Gasteiger partial charge is 0.252 e. The largest absolute Gasteiger partial charge is 0.368 e. The molecule has 5 rings (SSSR count). The summed E-state index contributed by atoms with van der Waals surface area (Å²) >= 11 is 0. The van der Waals surface area contributed by atoms with Gasteiger partial charge in [0.15, 0.2) is 0 Å². The van der Waals surface area contributed by atoms with Crippen molar-refractivity contribution in [2.75, 3.05) is 83.2 Å². The molecule has 11 nitrogen and oxygen atoms in total. The first kappa shape index (κ1) is 31.6. The van der Waals surface area contributed by atoms with Gasteiger partial charge in [0.05, 0.1) is 5.82 Å². The Morgan fingerprint density at radius 1 is 0.930 bits per heavy atom. The number of anilines is 3. The van der Waals surface area contributed by atoms with Crippen LogP contribution in [0, 0.1) is 0 Å². The highest BCUT2D eigenvalue weighted by atomic mass is 16.2. The van der Waals surface area contributed by atoms with E-state index in [1.807, 2.05) is 40.1 Å². The average molecular weight is 588 g/mol. The summed E-state index contributed by atoms with van der Waals surface area (Å²) in [5.41, 5.74) is 2.56. The van der Waals surface area contributed by atoms with Crippen molar-refractivity contribution in [2.24, 2.45) is 0 Å². The number of hydrogen-bond donors (Lipinski definition) is 1. The minimum atomic E-state index is -0.0961. The van der Waals surface area contributed by atoms with E-state index in [1.165, 1.54) is 11.8 Å². The zero-order chi connectivity index (χ0) is 30.9. The SMILES string of the molecule is C=CC(=O)N1CCN(CCn2c(=O)ccc3cnc(Nc4ccc(N5CCN(C(=C)N(C)C)CC5)cc4)nc32)CC1.CC. The Morgan fingerprint density at radius 2 is 1.58 bits per heavy atom. The third kappa shape index (κ3) is 7.72. The highest BCUT2D eigenvalue weighted by Gasteiger charge is 2.20. The molecular weight excluding hydrogens is 542 g/mol. The average Bonchev–Trinajstić information content (AvgIpc) is 3.05. The van der Waals surface area contributed by atoms with E-state index in [0.717, 1.165) is 56.2 Å². The fraction of sp³-hybridized carbons (Fsp3) is 0.438. The Morgan fingerprint density at radius 3 is 2.21 bits per heavy atom. The molecule has 1 N–H and O–H groups in total. The summed E-state index contributed by atoms with van der Waals surface area (Å²) in [7, 11) is 4.05. The summed E-state index contributed by atoms with van der Waals surface area (Å²) in [6.07, 6.45) is 3.10. The summed E-state index contributed by atoms with van der Waals surface area (Å²) in [6.45, 7) is 19.5. The van der Waals surface area contributed by atoms with Gasteiger partial charge in [-0.15, -0.1) is 0 Å². The molecule has 3 aromatic rings. The molecule has 1 amide bonds. The lowest BCUT2D eigenvalue weighted by atomic mass is 10.2. The number of hydrogen-bond acceptors (Lipinski definition) is 9. The molecule has 0 unspecified atom stereocenters. The van der Waals surface area contributed by atoms with E-state index in [-0.39, 0.29) is 11.5 Å². The third-order valence-electron chi connectivity index (χ3n) is 7.87. The van der Waals surface area contributed by atoms with Gasteiger partial charge in [-0.25, -0.2) is 4.98 Å². The van der Waals surface area contributed by atoms with Gasteiger partial charge in [-0.05, 0) is 36.4 Å². The first-order valence-electron chi connectivity index (χ1n) is 15.1. The number of piperazine rings is 2. The van der Waals surface area contributed by atoms with Crippen LogP contribution in [0.3, 0.4) is 0 Å². The summed E-state index contributed by atoms with van der Waals surface area (Å²) < 4.78 is 1.71. The van der Waals surface area contributed by atoms with Gasteiger partial charge >= 0.3 is 0 Å². The predicted molar refractivity (Wildman–Crippen MR) is 175 cm³/mol. The molecule has 4 heterocycles. The molecule has 0 radical (unpaired) electrons. The molecule has 0 aliphatic carbocycles. The number of benzene rings is 1. The number of carbonyl (C=O) groups is 1. The first-order valence-corrected chi connectivity index (χ1v) is 15.1. The van der Waals surface area contributed by atoms with Gasteiger partial charge in [-0.2, -0.15) is 4.98 Å². The van der Waals surface area contributed by atoms with Crippen molar-refractivity contribution in [1.29, 1.82) is 0 Å². The molecule has 230 valence electrons. The highest BCUT2D eigenvalue weighted by Crippen LogP contribution is 2.23. The van der Waals surface area contributed by atoms with Crippen LogP contribution < -0.4 is 15.8 Å². The Balaban J connectivity index is 0.00000207. The standard InChI is InChI=1S/C30H39N9O2.C2H6/c1-5-27(40)38-15-12-35(13-16-38)14-21-39-28(41)11-6-24-22-31-30(33-29(24)39)32-25-7-9-26(10-8-25)37-19-17-36(18-20-37)23(2)34(3)4;1-2/h5-11,22H,1-2,12-21H2,3-4H3,(H,31,32,33);1-2H3. The van der Waals surface area contributed by atoms with Crippen LogP contribution in [0.1, 0.15) is 13.8 Å². The zero-order valence-electron chi connectivity index (χ0n) is 26.0. The molecule has 11 heteroatoms. The molecule has 2 fully saturated rings. The second-order valence-electron chi connectivity index (χ2n) is 10.6. The molecule has 0 bridgehead atoms. The number of pyridine rings is 1. The fourth-order valence-electron chi connectivity index (χ4n) is 5.30. The van der Waals surface area contributed by atoms with Gasteiger partial charge in [0.1, 0.15) is 5.65 Å². The van der Waals surface area contributed by atoms with Gasteiger partial charge in [-0.3, -0.25) is 19.1 Å². The second kappa shape index (κ2) is 14.7. The maximum Gasteiger partial charge on any atom is 0.252 e. The van der Waals surface area contributed by atoms with E-state index < -0.39 is 0 Å². The Bertz CT molecular complexity index is 1450. The number of carbonyl (C=O) groups excluding carboxylic acids is 1. The number of aromatic nitrogens is 3. The number of rotatable bonds is 9. The van der Waals surface area contributed by atoms with Crippen molar-refractivity contribution in [3.63, 3.8) is 0 Å². The van der Waals surface area contributed by atoms with Crippen LogP contribution in [0.2, 0.25) is 0 Å². The molecule has 2 saturated heterocycles. The number of fused-ring (bicyclic) bond motifs is 1. The summed E-state index contributed by atoms with van der Waals surface area (Å²) in [5.74, 6) is 1.45. The van der Waals surface area contributed by atoms with Crippen molar-refractivity contribution in [1.82, 2.24) is 34.1 Å². The van der Waals surface area contributed by atoms with E-state index in [0.29, 0.717) is 37.8 Å². The van der Waals surface area contributed by atoms with Crippen LogP contribution in [-0.2, 0) is 11.3 Å². The maximum absolute atomic E-state index is 12.8. The fourth-order valence-corrected chi connectivity index (χ4v) is 5.30. The minimum absolute atomic E-state index is 0.0358. The molecule has 1 aromatic carbocycles. The van der Waals surface area contributed by atoms with E-state index in [1.54, 1.807) is 27.8 Å². The van der Waals surface area contributed by atoms with Crippen LogP contribution in [0.15, 0.2) is 72.4 Å². The lowest BCUT2D eigenvalue weighted by molar-refractivity contribution is -0.127. The van der Waals surface area contributed by atoms with E-state index in [9.17, 15) is 9.59 Å². The second-order valence-corrected chi connectivity index (χ2v) is 10.6. The molecule has 0 saturated carbocycles. The van der Waals surface area contributed by atoms with Gasteiger partial charge in [0, 0.05) is 109 Å². The summed E-state index contributed by atoms with van der Waals surface area (Å²) in [5, 5.41) is 4.10. The lowest BCUT2D eigenvalue weighted by Gasteiger charge is -2.39. The Labute approximate surface area is 254 Å². The molecule has 0 spiro atoms. The predicted octanol–water partition coefficient (Wildman–Crippen LogP) is 3.05. The molecule has 2 aromatic heterocycles. The molecule has 2 aliphatic rings. The maximum atomic E-state index is 12.8. The van der Waals surface area contributed by atoms with Crippen molar-refractivity contribution >= 4 is 34.3 Å². The Hall–Kier alpha value is -4.38. The molecule has 0 atom stereocenters. The van der Waals surface area contributed by atoms with E-state index >= 15 is 0 Å².